The zero-order chi connectivity index (χ0) is 11.4. The summed E-state index contributed by atoms with van der Waals surface area (Å²) in [5.74, 6) is -0.0241. The lowest BCUT2D eigenvalue weighted by Crippen LogP contribution is -2.34. The summed E-state index contributed by atoms with van der Waals surface area (Å²) in [7, 11) is 0. The van der Waals surface area contributed by atoms with Gasteiger partial charge in [-0.1, -0.05) is 0 Å². The molecule has 0 aliphatic carbocycles. The largest absolute Gasteiger partial charge is 0.336 e. The SMILES string of the molecule is CC1CCN(C(=O)c2cnccn2)CCN1. The molecule has 2 rings (SSSR count). The van der Waals surface area contributed by atoms with E-state index in [1.54, 1.807) is 12.4 Å². The molecule has 5 nitrogen and oxygen atoms in total. The van der Waals surface area contributed by atoms with Crippen LogP contribution in [0.2, 0.25) is 0 Å². The monoisotopic (exact) mass is 220 g/mol. The van der Waals surface area contributed by atoms with E-state index in [0.717, 1.165) is 26.1 Å². The minimum Gasteiger partial charge on any atom is -0.336 e. The first-order valence-electron chi connectivity index (χ1n) is 5.56. The van der Waals surface area contributed by atoms with E-state index in [-0.39, 0.29) is 5.91 Å². The van der Waals surface area contributed by atoms with E-state index in [2.05, 4.69) is 22.2 Å². The molecule has 1 unspecified atom stereocenters. The van der Waals surface area contributed by atoms with Crippen LogP contribution in [0.4, 0.5) is 0 Å². The molecular weight excluding hydrogens is 204 g/mol. The summed E-state index contributed by atoms with van der Waals surface area (Å²) in [5.41, 5.74) is 0.428. The summed E-state index contributed by atoms with van der Waals surface area (Å²) in [6, 6.07) is 0.472. The first kappa shape index (κ1) is 11.0. The molecule has 0 bridgehead atoms. The van der Waals surface area contributed by atoms with E-state index >= 15 is 0 Å². The highest BCUT2D eigenvalue weighted by molar-refractivity contribution is 5.91. The van der Waals surface area contributed by atoms with Gasteiger partial charge in [-0.25, -0.2) is 4.98 Å². The van der Waals surface area contributed by atoms with E-state index in [4.69, 9.17) is 0 Å². The highest BCUT2D eigenvalue weighted by atomic mass is 16.2. The van der Waals surface area contributed by atoms with Gasteiger partial charge in [-0.3, -0.25) is 9.78 Å². The average Bonchev–Trinajstić information content (AvgIpc) is 2.54. The second-order valence-corrected chi connectivity index (χ2v) is 4.03. The summed E-state index contributed by atoms with van der Waals surface area (Å²) in [4.78, 5) is 21.8. The summed E-state index contributed by atoms with van der Waals surface area (Å²) in [6.07, 6.45) is 5.62. The molecular formula is C11H16N4O. The Balaban J connectivity index is 2.04. The second kappa shape index (κ2) is 5.03. The van der Waals surface area contributed by atoms with Crippen LogP contribution < -0.4 is 5.32 Å². The van der Waals surface area contributed by atoms with Crippen molar-refractivity contribution in [1.82, 2.24) is 20.2 Å². The molecule has 86 valence electrons. The van der Waals surface area contributed by atoms with E-state index in [1.165, 1.54) is 6.20 Å². The zero-order valence-electron chi connectivity index (χ0n) is 9.39. The fourth-order valence-corrected chi connectivity index (χ4v) is 1.78. The van der Waals surface area contributed by atoms with Gasteiger partial charge in [0.15, 0.2) is 0 Å². The van der Waals surface area contributed by atoms with Gasteiger partial charge in [-0.15, -0.1) is 0 Å². The van der Waals surface area contributed by atoms with Crippen molar-refractivity contribution in [2.45, 2.75) is 19.4 Å². The molecule has 1 aliphatic rings. The molecule has 0 spiro atoms. The number of rotatable bonds is 1. The first-order chi connectivity index (χ1) is 7.77. The van der Waals surface area contributed by atoms with E-state index in [0.29, 0.717) is 11.7 Å². The highest BCUT2D eigenvalue weighted by Gasteiger charge is 2.20. The average molecular weight is 220 g/mol. The van der Waals surface area contributed by atoms with Gasteiger partial charge in [0.1, 0.15) is 5.69 Å². The molecule has 1 atom stereocenters. The van der Waals surface area contributed by atoms with E-state index in [9.17, 15) is 4.79 Å². The maximum Gasteiger partial charge on any atom is 0.274 e. The lowest BCUT2D eigenvalue weighted by Gasteiger charge is -2.19. The van der Waals surface area contributed by atoms with Gasteiger partial charge in [-0.2, -0.15) is 0 Å². The Morgan fingerprint density at radius 2 is 2.38 bits per heavy atom. The molecule has 1 aromatic heterocycles. The van der Waals surface area contributed by atoms with Gasteiger partial charge < -0.3 is 10.2 Å². The molecule has 16 heavy (non-hydrogen) atoms. The van der Waals surface area contributed by atoms with Gasteiger partial charge in [0, 0.05) is 38.1 Å². The number of carbonyl (C=O) groups excluding carboxylic acids is 1. The molecule has 1 amide bonds. The maximum absolute atomic E-state index is 12.1. The molecule has 2 heterocycles. The predicted octanol–water partition coefficient (Wildman–Crippen LogP) is 0.301. The number of hydrogen-bond donors (Lipinski definition) is 1. The minimum atomic E-state index is -0.0241. The van der Waals surface area contributed by atoms with Crippen LogP contribution in [0.1, 0.15) is 23.8 Å². The minimum absolute atomic E-state index is 0.0241. The van der Waals surface area contributed by atoms with Gasteiger partial charge in [0.25, 0.3) is 5.91 Å². The summed E-state index contributed by atoms with van der Waals surface area (Å²) in [5, 5.41) is 3.35. The fourth-order valence-electron chi connectivity index (χ4n) is 1.78. The molecule has 5 heteroatoms. The van der Waals surface area contributed by atoms with Crippen LogP contribution in [-0.4, -0.2) is 46.5 Å². The Labute approximate surface area is 94.9 Å². The van der Waals surface area contributed by atoms with Crippen molar-refractivity contribution < 1.29 is 4.79 Å². The molecule has 1 N–H and O–H groups in total. The lowest BCUT2D eigenvalue weighted by atomic mass is 10.2. The third-order valence-electron chi connectivity index (χ3n) is 2.78. The Kier molecular flexibility index (Phi) is 3.46. The van der Waals surface area contributed by atoms with Gasteiger partial charge in [-0.05, 0) is 13.3 Å². The summed E-state index contributed by atoms with van der Waals surface area (Å²) < 4.78 is 0. The maximum atomic E-state index is 12.1. The van der Waals surface area contributed by atoms with Crippen LogP contribution in [0.15, 0.2) is 18.6 Å². The molecule has 1 aromatic rings. The number of carbonyl (C=O) groups is 1. The summed E-state index contributed by atoms with van der Waals surface area (Å²) >= 11 is 0. The van der Waals surface area contributed by atoms with Crippen LogP contribution in [-0.2, 0) is 0 Å². The second-order valence-electron chi connectivity index (χ2n) is 4.03. The Hall–Kier alpha value is -1.49. The van der Waals surface area contributed by atoms with Gasteiger partial charge in [0.05, 0.1) is 6.20 Å². The topological polar surface area (TPSA) is 58.1 Å². The van der Waals surface area contributed by atoms with Crippen LogP contribution in [0.25, 0.3) is 0 Å². The molecule has 1 saturated heterocycles. The zero-order valence-corrected chi connectivity index (χ0v) is 9.39. The third-order valence-corrected chi connectivity index (χ3v) is 2.78. The van der Waals surface area contributed by atoms with Crippen LogP contribution >= 0.6 is 0 Å². The Morgan fingerprint density at radius 3 is 3.12 bits per heavy atom. The molecule has 0 radical (unpaired) electrons. The molecule has 1 fully saturated rings. The van der Waals surface area contributed by atoms with Crippen LogP contribution in [0.3, 0.4) is 0 Å². The van der Waals surface area contributed by atoms with Crippen molar-refractivity contribution >= 4 is 5.91 Å². The van der Waals surface area contributed by atoms with Crippen molar-refractivity contribution in [1.29, 1.82) is 0 Å². The summed E-state index contributed by atoms with van der Waals surface area (Å²) in [6.45, 7) is 4.49. The van der Waals surface area contributed by atoms with Crippen LogP contribution in [0.5, 0.6) is 0 Å². The third kappa shape index (κ3) is 2.55. The lowest BCUT2D eigenvalue weighted by molar-refractivity contribution is 0.0759. The number of nitrogens with zero attached hydrogens (tertiary/aromatic N) is 3. The van der Waals surface area contributed by atoms with E-state index in [1.807, 2.05) is 4.90 Å². The van der Waals surface area contributed by atoms with Crippen molar-refractivity contribution in [3.63, 3.8) is 0 Å². The van der Waals surface area contributed by atoms with E-state index < -0.39 is 0 Å². The molecule has 0 saturated carbocycles. The smallest absolute Gasteiger partial charge is 0.274 e. The van der Waals surface area contributed by atoms with Crippen molar-refractivity contribution in [2.75, 3.05) is 19.6 Å². The van der Waals surface area contributed by atoms with Crippen molar-refractivity contribution in [3.8, 4) is 0 Å². The predicted molar refractivity (Wildman–Crippen MR) is 60.0 cm³/mol. The standard InChI is InChI=1S/C11H16N4O/c1-9-2-6-15(7-5-13-9)11(16)10-8-12-3-4-14-10/h3-4,8-9,13H,2,5-7H2,1H3. The highest BCUT2D eigenvalue weighted by Crippen LogP contribution is 2.05. The van der Waals surface area contributed by atoms with Gasteiger partial charge in [0.2, 0.25) is 0 Å². The quantitative estimate of drug-likeness (QED) is 0.739. The number of nitrogens with one attached hydrogen (secondary N) is 1. The number of aromatic nitrogens is 2. The first-order valence-corrected chi connectivity index (χ1v) is 5.56. The molecule has 0 aromatic carbocycles. The normalized spacial score (nSPS) is 21.6. The van der Waals surface area contributed by atoms with Crippen molar-refractivity contribution in [2.24, 2.45) is 0 Å². The number of amides is 1. The van der Waals surface area contributed by atoms with Gasteiger partial charge >= 0.3 is 0 Å². The number of hydrogen-bond acceptors (Lipinski definition) is 4. The van der Waals surface area contributed by atoms with Crippen molar-refractivity contribution in [3.05, 3.63) is 24.3 Å². The van der Waals surface area contributed by atoms with Crippen LogP contribution in [0, 0.1) is 0 Å². The molecule has 1 aliphatic heterocycles. The Morgan fingerprint density at radius 1 is 1.50 bits per heavy atom. The Bertz CT molecular complexity index is 354. The fraction of sp³-hybridized carbons (Fsp3) is 0.545.